The van der Waals surface area contributed by atoms with Crippen LogP contribution in [0, 0.1) is 29.6 Å². The Labute approximate surface area is 234 Å². The van der Waals surface area contributed by atoms with Gasteiger partial charge >= 0.3 is 0 Å². The van der Waals surface area contributed by atoms with E-state index in [9.17, 15) is 9.59 Å². The quantitative estimate of drug-likeness (QED) is 0.461. The lowest BCUT2D eigenvalue weighted by molar-refractivity contribution is -0.121. The lowest BCUT2D eigenvalue weighted by Crippen LogP contribution is -2.55. The number of hydrogen-bond donors (Lipinski definition) is 2. The molecule has 6 fully saturated rings. The molecule has 0 spiro atoms. The van der Waals surface area contributed by atoms with E-state index in [1.54, 1.807) is 6.20 Å². The fraction of sp³-hybridized carbons (Fsp3) is 0.839. The number of amides is 2. The first-order chi connectivity index (χ1) is 19.1. The van der Waals surface area contributed by atoms with Crippen LogP contribution in [0.15, 0.2) is 6.20 Å². The van der Waals surface area contributed by atoms with Crippen molar-refractivity contribution in [2.45, 2.75) is 109 Å². The molecule has 6 aliphatic rings. The number of nitrogens with zero attached hydrogens (tertiary/aromatic N) is 3. The van der Waals surface area contributed by atoms with Gasteiger partial charge in [-0.25, -0.2) is 4.68 Å². The van der Waals surface area contributed by atoms with Gasteiger partial charge in [-0.15, -0.1) is 0 Å². The van der Waals surface area contributed by atoms with E-state index in [2.05, 4.69) is 20.6 Å². The van der Waals surface area contributed by atoms with E-state index in [0.29, 0.717) is 54.8 Å². The van der Waals surface area contributed by atoms with Crippen molar-refractivity contribution in [3.05, 3.63) is 11.8 Å². The summed E-state index contributed by atoms with van der Waals surface area (Å²) >= 11 is 0. The third kappa shape index (κ3) is 6.31. The van der Waals surface area contributed by atoms with Gasteiger partial charge in [0, 0.05) is 38.1 Å². The highest BCUT2D eigenvalue weighted by Gasteiger charge is 2.48. The Morgan fingerprint density at radius 2 is 1.62 bits per heavy atom. The molecule has 8 nitrogen and oxygen atoms in total. The summed E-state index contributed by atoms with van der Waals surface area (Å²) in [6, 6.07) is 0.600. The van der Waals surface area contributed by atoms with Gasteiger partial charge in [0.25, 0.3) is 5.91 Å². The van der Waals surface area contributed by atoms with Crippen molar-refractivity contribution < 1.29 is 14.3 Å². The van der Waals surface area contributed by atoms with Crippen LogP contribution in [0.3, 0.4) is 0 Å². The van der Waals surface area contributed by atoms with E-state index >= 15 is 0 Å². The van der Waals surface area contributed by atoms with Crippen molar-refractivity contribution in [1.29, 1.82) is 0 Å². The monoisotopic (exact) mass is 539 g/mol. The standard InChI is InChI=1S/C31H49N5O3/c1-2-28(37)33-26-8-10-35(11-9-26)12-13-36-31(39-20-21-6-4-3-5-7-21)27(19-32-36)30(38)34-29-24-15-22-14-23(17-24)18-25(29)16-22/h19,21-26,29H,2-18,20H2,1H3,(H,33,37)(H,34,38). The summed E-state index contributed by atoms with van der Waals surface area (Å²) in [6.45, 7) is 6.08. The van der Waals surface area contributed by atoms with Crippen LogP contribution in [0.2, 0.25) is 0 Å². The number of hydrogen-bond acceptors (Lipinski definition) is 5. The molecule has 0 unspecified atom stereocenters. The molecule has 0 atom stereocenters. The van der Waals surface area contributed by atoms with E-state index in [4.69, 9.17) is 4.74 Å². The first-order valence-electron chi connectivity index (χ1n) is 16.1. The van der Waals surface area contributed by atoms with Gasteiger partial charge in [-0.05, 0) is 87.4 Å². The minimum absolute atomic E-state index is 0.00449. The second-order valence-electron chi connectivity index (χ2n) is 13.4. The van der Waals surface area contributed by atoms with Crippen LogP contribution in [0.1, 0.15) is 101 Å². The predicted octanol–water partition coefficient (Wildman–Crippen LogP) is 4.39. The Bertz CT molecular complexity index is 966. The van der Waals surface area contributed by atoms with Gasteiger partial charge in [-0.2, -0.15) is 5.10 Å². The normalized spacial score (nSPS) is 31.4. The molecule has 1 saturated heterocycles. The molecule has 39 heavy (non-hydrogen) atoms. The molecule has 1 aromatic rings. The van der Waals surface area contributed by atoms with Gasteiger partial charge in [-0.1, -0.05) is 26.2 Å². The summed E-state index contributed by atoms with van der Waals surface area (Å²) in [7, 11) is 0. The van der Waals surface area contributed by atoms with Crippen LogP contribution in [0.25, 0.3) is 0 Å². The fourth-order valence-corrected chi connectivity index (χ4v) is 8.65. The molecule has 0 radical (unpaired) electrons. The number of nitrogens with one attached hydrogen (secondary N) is 2. The smallest absolute Gasteiger partial charge is 0.258 e. The second-order valence-corrected chi connectivity index (χ2v) is 13.4. The number of carbonyl (C=O) groups is 2. The van der Waals surface area contributed by atoms with Crippen molar-refractivity contribution in [1.82, 2.24) is 25.3 Å². The topological polar surface area (TPSA) is 88.5 Å². The summed E-state index contributed by atoms with van der Waals surface area (Å²) in [5.41, 5.74) is 0.612. The Morgan fingerprint density at radius 3 is 2.28 bits per heavy atom. The SMILES string of the molecule is CCC(=O)NC1CCN(CCn2ncc(C(=O)NC3C4CC5CC(C4)CC3C5)c2OCC2CCCCC2)CC1. The van der Waals surface area contributed by atoms with Crippen molar-refractivity contribution in [2.24, 2.45) is 29.6 Å². The van der Waals surface area contributed by atoms with Crippen molar-refractivity contribution in [2.75, 3.05) is 26.2 Å². The molecule has 7 rings (SSSR count). The van der Waals surface area contributed by atoms with Gasteiger partial charge < -0.3 is 20.3 Å². The molecule has 0 aromatic carbocycles. The summed E-state index contributed by atoms with van der Waals surface area (Å²) in [6.07, 6.45) is 17.2. The zero-order valence-electron chi connectivity index (χ0n) is 23.9. The average Bonchev–Trinajstić information content (AvgIpc) is 3.36. The Balaban J connectivity index is 1.09. The molecule has 5 saturated carbocycles. The Morgan fingerprint density at radius 1 is 0.923 bits per heavy atom. The molecule has 8 heteroatoms. The average molecular weight is 540 g/mol. The Kier molecular flexibility index (Phi) is 8.47. The van der Waals surface area contributed by atoms with Gasteiger partial charge in [0.05, 0.1) is 19.3 Å². The highest BCUT2D eigenvalue weighted by Crippen LogP contribution is 2.53. The molecule has 1 aliphatic heterocycles. The van der Waals surface area contributed by atoms with Gasteiger partial charge in [-0.3, -0.25) is 9.59 Å². The van der Waals surface area contributed by atoms with Crippen molar-refractivity contribution >= 4 is 11.8 Å². The maximum Gasteiger partial charge on any atom is 0.258 e. The highest BCUT2D eigenvalue weighted by atomic mass is 16.5. The molecular formula is C31H49N5O3. The fourth-order valence-electron chi connectivity index (χ4n) is 8.65. The van der Waals surface area contributed by atoms with E-state index < -0.39 is 0 Å². The molecular weight excluding hydrogens is 490 g/mol. The summed E-state index contributed by atoms with van der Waals surface area (Å²) in [4.78, 5) is 27.9. The van der Waals surface area contributed by atoms with Crippen LogP contribution < -0.4 is 15.4 Å². The molecule has 2 heterocycles. The minimum Gasteiger partial charge on any atom is -0.477 e. The van der Waals surface area contributed by atoms with Gasteiger partial charge in [0.1, 0.15) is 5.56 Å². The lowest BCUT2D eigenvalue weighted by atomic mass is 9.54. The van der Waals surface area contributed by atoms with Crippen molar-refractivity contribution in [3.8, 4) is 5.88 Å². The molecule has 216 valence electrons. The number of carbonyl (C=O) groups excluding carboxylic acids is 2. The highest BCUT2D eigenvalue weighted by molar-refractivity contribution is 5.96. The van der Waals surface area contributed by atoms with Crippen molar-refractivity contribution in [3.63, 3.8) is 0 Å². The van der Waals surface area contributed by atoms with Gasteiger partial charge in [0.2, 0.25) is 11.8 Å². The zero-order chi connectivity index (χ0) is 26.8. The van der Waals surface area contributed by atoms with Gasteiger partial charge in [0.15, 0.2) is 0 Å². The largest absolute Gasteiger partial charge is 0.477 e. The number of piperidine rings is 1. The maximum absolute atomic E-state index is 13.7. The molecule has 1 aromatic heterocycles. The molecule has 4 bridgehead atoms. The Hall–Kier alpha value is -2.09. The van der Waals surface area contributed by atoms with E-state index in [1.807, 2.05) is 11.6 Å². The van der Waals surface area contributed by atoms with Crippen LogP contribution in [0.5, 0.6) is 5.88 Å². The first kappa shape index (κ1) is 27.1. The first-order valence-corrected chi connectivity index (χ1v) is 16.1. The maximum atomic E-state index is 13.7. The number of aromatic nitrogens is 2. The second kappa shape index (κ2) is 12.2. The van der Waals surface area contributed by atoms with Crippen LogP contribution >= 0.6 is 0 Å². The third-order valence-electron chi connectivity index (χ3n) is 10.6. The summed E-state index contributed by atoms with van der Waals surface area (Å²) in [5, 5.41) is 11.3. The van der Waals surface area contributed by atoms with Crippen LogP contribution in [-0.2, 0) is 11.3 Å². The number of ether oxygens (including phenoxy) is 1. The van der Waals surface area contributed by atoms with E-state index in [-0.39, 0.29) is 17.9 Å². The van der Waals surface area contributed by atoms with Crippen LogP contribution in [0.4, 0.5) is 0 Å². The number of likely N-dealkylation sites (tertiary alicyclic amines) is 1. The summed E-state index contributed by atoms with van der Waals surface area (Å²) < 4.78 is 8.39. The minimum atomic E-state index is 0.00449. The molecule has 2 amide bonds. The molecule has 5 aliphatic carbocycles. The number of rotatable bonds is 10. The third-order valence-corrected chi connectivity index (χ3v) is 10.6. The zero-order valence-corrected chi connectivity index (χ0v) is 23.9. The lowest BCUT2D eigenvalue weighted by Gasteiger charge is -2.54. The van der Waals surface area contributed by atoms with E-state index in [1.165, 1.54) is 64.2 Å². The van der Waals surface area contributed by atoms with Crippen LogP contribution in [-0.4, -0.2) is 64.8 Å². The van der Waals surface area contributed by atoms with E-state index in [0.717, 1.165) is 44.3 Å². The molecule has 2 N–H and O–H groups in total. The predicted molar refractivity (Wildman–Crippen MR) is 150 cm³/mol. The summed E-state index contributed by atoms with van der Waals surface area (Å²) in [5.74, 6) is 4.46.